The molecule has 0 spiro atoms. The van der Waals surface area contributed by atoms with E-state index < -0.39 is 0 Å². The third-order valence-electron chi connectivity index (χ3n) is 7.39. The first-order chi connectivity index (χ1) is 10.7. The number of anilines is 1. The van der Waals surface area contributed by atoms with E-state index in [1.54, 1.807) is 0 Å². The molecule has 2 aliphatic heterocycles. The molecule has 4 rings (SSSR count). The molecule has 0 saturated carbocycles. The van der Waals surface area contributed by atoms with Crippen LogP contribution in [0.2, 0.25) is 0 Å². The maximum absolute atomic E-state index is 6.06. The number of benzene rings is 1. The molecule has 2 aromatic rings. The van der Waals surface area contributed by atoms with Gasteiger partial charge in [-0.05, 0) is 43.4 Å². The van der Waals surface area contributed by atoms with Crippen LogP contribution >= 0.6 is 0 Å². The van der Waals surface area contributed by atoms with Gasteiger partial charge in [0, 0.05) is 16.7 Å². The van der Waals surface area contributed by atoms with Crippen LogP contribution in [0.5, 0.6) is 0 Å². The number of rotatable bonds is 0. The molecule has 0 N–H and O–H groups in total. The lowest BCUT2D eigenvalue weighted by Crippen LogP contribution is -2.62. The van der Waals surface area contributed by atoms with Crippen molar-refractivity contribution >= 4 is 5.69 Å². The van der Waals surface area contributed by atoms with E-state index in [4.69, 9.17) is 4.42 Å². The van der Waals surface area contributed by atoms with Gasteiger partial charge in [0.05, 0.1) is 12.3 Å². The van der Waals surface area contributed by atoms with Crippen molar-refractivity contribution in [3.63, 3.8) is 0 Å². The Morgan fingerprint density at radius 2 is 1.74 bits per heavy atom. The van der Waals surface area contributed by atoms with Gasteiger partial charge >= 0.3 is 0 Å². The molecule has 0 bridgehead atoms. The number of fused-ring (bicyclic) bond motifs is 5. The first kappa shape index (κ1) is 14.9. The van der Waals surface area contributed by atoms with Gasteiger partial charge in [0.15, 0.2) is 0 Å². The molecule has 2 unspecified atom stereocenters. The standard InChI is InChI=1S/C21H27NO/c1-13-9-8-10-16-17(13)22-14(2)15-11-12-23-18(15)21(22,7)20(5,6)19(16,3)4/h8-12,14H,1-7H3. The van der Waals surface area contributed by atoms with Gasteiger partial charge in [-0.25, -0.2) is 0 Å². The highest BCUT2D eigenvalue weighted by Crippen LogP contribution is 2.67. The minimum Gasteiger partial charge on any atom is -0.466 e. The topological polar surface area (TPSA) is 16.4 Å². The van der Waals surface area contributed by atoms with E-state index in [0.29, 0.717) is 6.04 Å². The van der Waals surface area contributed by atoms with Gasteiger partial charge in [-0.1, -0.05) is 45.9 Å². The molecule has 2 aliphatic rings. The van der Waals surface area contributed by atoms with Crippen molar-refractivity contribution in [3.05, 3.63) is 53.0 Å². The molecular formula is C21H27NO. The molecule has 2 atom stereocenters. The molecule has 0 aliphatic carbocycles. The second-order valence-corrected chi connectivity index (χ2v) is 8.54. The van der Waals surface area contributed by atoms with E-state index in [9.17, 15) is 0 Å². The van der Waals surface area contributed by atoms with E-state index in [0.717, 1.165) is 5.76 Å². The molecular weight excluding hydrogens is 282 g/mol. The molecule has 3 heterocycles. The molecule has 2 heteroatoms. The minimum atomic E-state index is -0.145. The van der Waals surface area contributed by atoms with E-state index >= 15 is 0 Å². The van der Waals surface area contributed by atoms with Crippen molar-refractivity contribution in [2.45, 2.75) is 65.5 Å². The van der Waals surface area contributed by atoms with E-state index in [1.807, 2.05) is 6.26 Å². The smallest absolute Gasteiger partial charge is 0.134 e. The minimum absolute atomic E-state index is 0.0259. The van der Waals surface area contributed by atoms with Crippen molar-refractivity contribution < 1.29 is 4.42 Å². The van der Waals surface area contributed by atoms with Gasteiger partial charge in [0.25, 0.3) is 0 Å². The maximum atomic E-state index is 6.06. The van der Waals surface area contributed by atoms with Crippen LogP contribution in [0.25, 0.3) is 0 Å². The van der Waals surface area contributed by atoms with E-state index in [1.165, 1.54) is 22.4 Å². The third kappa shape index (κ3) is 1.38. The van der Waals surface area contributed by atoms with Gasteiger partial charge in [-0.3, -0.25) is 0 Å². The summed E-state index contributed by atoms with van der Waals surface area (Å²) in [5.74, 6) is 1.15. The van der Waals surface area contributed by atoms with E-state index in [2.05, 4.69) is 77.6 Å². The lowest BCUT2D eigenvalue weighted by molar-refractivity contribution is 0.0509. The Morgan fingerprint density at radius 3 is 2.43 bits per heavy atom. The average molecular weight is 309 g/mol. The van der Waals surface area contributed by atoms with Gasteiger partial charge in [0.2, 0.25) is 0 Å². The number of hydrogen-bond acceptors (Lipinski definition) is 2. The van der Waals surface area contributed by atoms with Crippen LogP contribution in [0.3, 0.4) is 0 Å². The number of hydrogen-bond donors (Lipinski definition) is 0. The number of nitrogens with zero attached hydrogens (tertiary/aromatic N) is 1. The SMILES string of the molecule is Cc1cccc2c1N1C(C)c3ccoc3C1(C)C(C)(C)C2(C)C. The van der Waals surface area contributed by atoms with Crippen molar-refractivity contribution in [2.24, 2.45) is 5.41 Å². The fraction of sp³-hybridized carbons (Fsp3) is 0.524. The summed E-state index contributed by atoms with van der Waals surface area (Å²) >= 11 is 0. The lowest BCUT2D eigenvalue weighted by atomic mass is 9.52. The zero-order valence-electron chi connectivity index (χ0n) is 15.3. The summed E-state index contributed by atoms with van der Waals surface area (Å²) in [7, 11) is 0. The summed E-state index contributed by atoms with van der Waals surface area (Å²) in [6.45, 7) is 16.5. The fourth-order valence-corrected chi connectivity index (χ4v) is 5.11. The largest absolute Gasteiger partial charge is 0.466 e. The Bertz CT molecular complexity index is 798. The molecule has 1 aromatic heterocycles. The number of para-hydroxylation sites is 1. The van der Waals surface area contributed by atoms with Gasteiger partial charge < -0.3 is 9.32 Å². The normalized spacial score (nSPS) is 29.9. The second-order valence-electron chi connectivity index (χ2n) is 8.54. The molecule has 1 aromatic carbocycles. The Labute approximate surface area is 139 Å². The van der Waals surface area contributed by atoms with Crippen LogP contribution in [0.4, 0.5) is 5.69 Å². The maximum Gasteiger partial charge on any atom is 0.134 e. The Kier molecular flexibility index (Phi) is 2.61. The zero-order valence-corrected chi connectivity index (χ0v) is 15.3. The molecule has 0 radical (unpaired) electrons. The molecule has 0 fully saturated rings. The van der Waals surface area contributed by atoms with Crippen molar-refractivity contribution in [1.82, 2.24) is 0 Å². The summed E-state index contributed by atoms with van der Waals surface area (Å²) in [6, 6.07) is 9.25. The van der Waals surface area contributed by atoms with Crippen LogP contribution < -0.4 is 4.90 Å². The molecule has 23 heavy (non-hydrogen) atoms. The summed E-state index contributed by atoms with van der Waals surface area (Å²) in [5.41, 5.74) is 5.48. The molecule has 0 amide bonds. The predicted octanol–water partition coefficient (Wildman–Crippen LogP) is 5.70. The van der Waals surface area contributed by atoms with Gasteiger partial charge in [-0.15, -0.1) is 0 Å². The van der Waals surface area contributed by atoms with Crippen LogP contribution in [0.1, 0.15) is 70.0 Å². The van der Waals surface area contributed by atoms with Crippen molar-refractivity contribution in [2.75, 3.05) is 4.90 Å². The fourth-order valence-electron chi connectivity index (χ4n) is 5.11. The quantitative estimate of drug-likeness (QED) is 0.620. The Balaban J connectivity index is 2.15. The second kappa shape index (κ2) is 4.03. The summed E-state index contributed by atoms with van der Waals surface area (Å²) < 4.78 is 6.06. The Hall–Kier alpha value is -1.70. The van der Waals surface area contributed by atoms with Crippen LogP contribution in [0.15, 0.2) is 34.9 Å². The summed E-state index contributed by atoms with van der Waals surface area (Å²) in [4.78, 5) is 2.62. The summed E-state index contributed by atoms with van der Waals surface area (Å²) in [5, 5.41) is 0. The van der Waals surface area contributed by atoms with Gasteiger partial charge in [0.1, 0.15) is 11.3 Å². The molecule has 2 nitrogen and oxygen atoms in total. The monoisotopic (exact) mass is 309 g/mol. The zero-order chi connectivity index (χ0) is 16.8. The average Bonchev–Trinajstić information content (AvgIpc) is 3.03. The van der Waals surface area contributed by atoms with Gasteiger partial charge in [-0.2, -0.15) is 0 Å². The van der Waals surface area contributed by atoms with Crippen LogP contribution in [-0.4, -0.2) is 0 Å². The summed E-state index contributed by atoms with van der Waals surface area (Å²) in [6.07, 6.45) is 1.86. The number of furan rings is 1. The first-order valence-electron chi connectivity index (χ1n) is 8.63. The molecule has 0 saturated heterocycles. The predicted molar refractivity (Wildman–Crippen MR) is 94.9 cm³/mol. The van der Waals surface area contributed by atoms with Crippen molar-refractivity contribution in [1.29, 1.82) is 0 Å². The third-order valence-corrected chi connectivity index (χ3v) is 7.39. The highest BCUT2D eigenvalue weighted by atomic mass is 16.3. The Morgan fingerprint density at radius 1 is 1.04 bits per heavy atom. The first-order valence-corrected chi connectivity index (χ1v) is 8.63. The van der Waals surface area contributed by atoms with Crippen molar-refractivity contribution in [3.8, 4) is 0 Å². The highest BCUT2D eigenvalue weighted by molar-refractivity contribution is 5.71. The molecule has 122 valence electrons. The van der Waals surface area contributed by atoms with E-state index in [-0.39, 0.29) is 16.4 Å². The van der Waals surface area contributed by atoms with Crippen LogP contribution in [0, 0.1) is 12.3 Å². The lowest BCUT2D eigenvalue weighted by Gasteiger charge is -2.61. The van der Waals surface area contributed by atoms with Crippen LogP contribution in [-0.2, 0) is 11.0 Å². The highest BCUT2D eigenvalue weighted by Gasteiger charge is 2.65. The number of aryl methyl sites for hydroxylation is 1.